The molecule has 1 aromatic heterocycles. The third-order valence-corrected chi connectivity index (χ3v) is 3.09. The van der Waals surface area contributed by atoms with E-state index in [1.54, 1.807) is 36.7 Å². The summed E-state index contributed by atoms with van der Waals surface area (Å²) in [6.45, 7) is 0. The van der Waals surface area contributed by atoms with Crippen LogP contribution in [0.15, 0.2) is 42.7 Å². The van der Waals surface area contributed by atoms with Gasteiger partial charge in [-0.25, -0.2) is 0 Å². The maximum atomic E-state index is 9.16. The highest BCUT2D eigenvalue weighted by Gasteiger charge is 2.02. The van der Waals surface area contributed by atoms with E-state index < -0.39 is 0 Å². The number of nitriles is 1. The van der Waals surface area contributed by atoms with Gasteiger partial charge in [-0.15, -0.1) is 0 Å². The van der Waals surface area contributed by atoms with Crippen molar-refractivity contribution in [3.05, 3.63) is 63.9 Å². The lowest BCUT2D eigenvalue weighted by molar-refractivity contribution is 1.31. The summed E-state index contributed by atoms with van der Waals surface area (Å²) in [6, 6.07) is 11.0. The molecule has 0 fully saturated rings. The first-order chi connectivity index (χ1) is 8.70. The number of pyridine rings is 1. The van der Waals surface area contributed by atoms with Gasteiger partial charge in [0, 0.05) is 18.0 Å². The average molecular weight is 275 g/mol. The van der Waals surface area contributed by atoms with Gasteiger partial charge in [-0.2, -0.15) is 5.26 Å². The number of nitrogens with zero attached hydrogens (tertiary/aromatic N) is 2. The predicted molar refractivity (Wildman–Crippen MR) is 74.2 cm³/mol. The molecule has 0 radical (unpaired) electrons. The Kier molecular flexibility index (Phi) is 3.99. The van der Waals surface area contributed by atoms with Gasteiger partial charge >= 0.3 is 0 Å². The molecule has 18 heavy (non-hydrogen) atoms. The van der Waals surface area contributed by atoms with Crippen LogP contribution in [0.3, 0.4) is 0 Å². The van der Waals surface area contributed by atoms with Crippen LogP contribution in [-0.2, 0) is 0 Å². The molecular weight excluding hydrogens is 267 g/mol. The van der Waals surface area contributed by atoms with Crippen LogP contribution in [0.1, 0.15) is 11.1 Å². The van der Waals surface area contributed by atoms with Gasteiger partial charge in [0.25, 0.3) is 0 Å². The maximum absolute atomic E-state index is 9.16. The topological polar surface area (TPSA) is 36.7 Å². The van der Waals surface area contributed by atoms with Gasteiger partial charge in [-0.1, -0.05) is 35.3 Å². The Labute approximate surface area is 115 Å². The number of aromatic nitrogens is 1. The Morgan fingerprint density at radius 2 is 2.06 bits per heavy atom. The van der Waals surface area contributed by atoms with Gasteiger partial charge in [-0.05, 0) is 29.8 Å². The predicted octanol–water partition coefficient (Wildman–Crippen LogP) is 4.45. The second-order valence-electron chi connectivity index (χ2n) is 3.59. The van der Waals surface area contributed by atoms with Crippen molar-refractivity contribution in [1.82, 2.24) is 4.98 Å². The maximum Gasteiger partial charge on any atom is 0.0998 e. The highest BCUT2D eigenvalue weighted by Crippen LogP contribution is 2.25. The molecule has 0 amide bonds. The average Bonchev–Trinajstić information content (AvgIpc) is 2.41. The Bertz CT molecular complexity index is 628. The first-order valence-electron chi connectivity index (χ1n) is 5.18. The molecule has 4 heteroatoms. The highest BCUT2D eigenvalue weighted by molar-refractivity contribution is 6.42. The van der Waals surface area contributed by atoms with Crippen molar-refractivity contribution < 1.29 is 0 Å². The van der Waals surface area contributed by atoms with Gasteiger partial charge in [0.2, 0.25) is 0 Å². The Hall–Kier alpha value is -1.82. The van der Waals surface area contributed by atoms with Gasteiger partial charge < -0.3 is 0 Å². The van der Waals surface area contributed by atoms with Crippen molar-refractivity contribution in [2.45, 2.75) is 0 Å². The molecule has 88 valence electrons. The molecule has 0 unspecified atom stereocenters. The number of hydrogen-bond donors (Lipinski definition) is 0. The third kappa shape index (κ3) is 2.89. The lowest BCUT2D eigenvalue weighted by atomic mass is 10.1. The zero-order valence-corrected chi connectivity index (χ0v) is 10.8. The van der Waals surface area contributed by atoms with E-state index >= 15 is 0 Å². The molecule has 0 saturated heterocycles. The fourth-order valence-corrected chi connectivity index (χ4v) is 1.78. The summed E-state index contributed by atoms with van der Waals surface area (Å²) in [6.07, 6.45) is 5.06. The molecule has 0 aliphatic rings. The second kappa shape index (κ2) is 5.68. The van der Waals surface area contributed by atoms with Crippen LogP contribution in [0, 0.1) is 11.3 Å². The molecule has 0 aliphatic heterocycles. The molecule has 2 rings (SSSR count). The highest BCUT2D eigenvalue weighted by atomic mass is 35.5. The van der Waals surface area contributed by atoms with E-state index in [4.69, 9.17) is 28.5 Å². The van der Waals surface area contributed by atoms with E-state index in [-0.39, 0.29) is 0 Å². The molecule has 0 aliphatic carbocycles. The zero-order valence-electron chi connectivity index (χ0n) is 9.27. The second-order valence-corrected chi connectivity index (χ2v) is 4.40. The molecule has 0 saturated carbocycles. The van der Waals surface area contributed by atoms with E-state index in [1.165, 1.54) is 0 Å². The number of benzene rings is 1. The van der Waals surface area contributed by atoms with Crippen molar-refractivity contribution >= 4 is 34.9 Å². The van der Waals surface area contributed by atoms with Gasteiger partial charge in [0.15, 0.2) is 0 Å². The molecule has 0 atom stereocenters. The van der Waals surface area contributed by atoms with E-state index in [0.717, 1.165) is 11.1 Å². The molecule has 0 N–H and O–H groups in total. The lowest BCUT2D eigenvalue weighted by Gasteiger charge is -2.00. The van der Waals surface area contributed by atoms with Crippen LogP contribution in [0.4, 0.5) is 0 Å². The molecule has 0 bridgehead atoms. The Balaban J connectivity index is 2.42. The number of hydrogen-bond acceptors (Lipinski definition) is 2. The summed E-state index contributed by atoms with van der Waals surface area (Å²) < 4.78 is 0. The van der Waals surface area contributed by atoms with Crippen molar-refractivity contribution in [3.8, 4) is 6.07 Å². The minimum absolute atomic E-state index is 0.467. The fraction of sp³-hybridized carbons (Fsp3) is 0. The monoisotopic (exact) mass is 274 g/mol. The summed E-state index contributed by atoms with van der Waals surface area (Å²) in [5.74, 6) is 0. The number of rotatable bonds is 2. The van der Waals surface area contributed by atoms with Crippen LogP contribution < -0.4 is 0 Å². The van der Waals surface area contributed by atoms with Gasteiger partial charge in [0.05, 0.1) is 21.7 Å². The normalized spacial score (nSPS) is 11.1. The van der Waals surface area contributed by atoms with Crippen LogP contribution in [0.25, 0.3) is 11.6 Å². The molecule has 2 aromatic rings. The van der Waals surface area contributed by atoms with E-state index in [2.05, 4.69) is 11.1 Å². The largest absolute Gasteiger partial charge is 0.264 e. The molecule has 0 spiro atoms. The van der Waals surface area contributed by atoms with E-state index in [1.807, 2.05) is 12.1 Å². The Morgan fingerprint density at radius 3 is 2.67 bits per heavy atom. The summed E-state index contributed by atoms with van der Waals surface area (Å²) in [7, 11) is 0. The standard InChI is InChI=1S/C14H8Cl2N2/c15-13-4-3-10(7-14(13)16)6-12(8-17)11-2-1-5-18-9-11/h1-7,9H/b12-6-. The number of allylic oxidation sites excluding steroid dienone is 1. The van der Waals surface area contributed by atoms with E-state index in [0.29, 0.717) is 15.6 Å². The van der Waals surface area contributed by atoms with Crippen LogP contribution in [0.5, 0.6) is 0 Å². The SMILES string of the molecule is N#C/C(=C/c1ccc(Cl)c(Cl)c1)c1cccnc1. The summed E-state index contributed by atoms with van der Waals surface area (Å²) >= 11 is 11.8. The molecule has 1 heterocycles. The van der Waals surface area contributed by atoms with Crippen LogP contribution in [-0.4, -0.2) is 4.98 Å². The lowest BCUT2D eigenvalue weighted by Crippen LogP contribution is -1.83. The first-order valence-corrected chi connectivity index (χ1v) is 5.93. The van der Waals surface area contributed by atoms with Gasteiger partial charge in [0.1, 0.15) is 0 Å². The van der Waals surface area contributed by atoms with Crippen LogP contribution >= 0.6 is 23.2 Å². The van der Waals surface area contributed by atoms with Gasteiger partial charge in [-0.3, -0.25) is 4.98 Å². The van der Waals surface area contributed by atoms with Crippen molar-refractivity contribution in [2.24, 2.45) is 0 Å². The minimum Gasteiger partial charge on any atom is -0.264 e. The minimum atomic E-state index is 0.467. The van der Waals surface area contributed by atoms with Crippen molar-refractivity contribution in [3.63, 3.8) is 0 Å². The smallest absolute Gasteiger partial charge is 0.0998 e. The fourth-order valence-electron chi connectivity index (χ4n) is 1.47. The van der Waals surface area contributed by atoms with Crippen molar-refractivity contribution in [2.75, 3.05) is 0 Å². The molecular formula is C14H8Cl2N2. The quantitative estimate of drug-likeness (QED) is 0.759. The van der Waals surface area contributed by atoms with Crippen molar-refractivity contribution in [1.29, 1.82) is 5.26 Å². The van der Waals surface area contributed by atoms with Crippen LogP contribution in [0.2, 0.25) is 10.0 Å². The summed E-state index contributed by atoms with van der Waals surface area (Å²) in [5, 5.41) is 10.1. The zero-order chi connectivity index (χ0) is 13.0. The third-order valence-electron chi connectivity index (χ3n) is 2.35. The summed E-state index contributed by atoms with van der Waals surface area (Å²) in [5.41, 5.74) is 2.12. The Morgan fingerprint density at radius 1 is 1.22 bits per heavy atom. The first kappa shape index (κ1) is 12.6. The molecule has 1 aromatic carbocycles. The van der Waals surface area contributed by atoms with E-state index in [9.17, 15) is 0 Å². The summed E-state index contributed by atoms with van der Waals surface area (Å²) in [4.78, 5) is 3.99. The molecule has 2 nitrogen and oxygen atoms in total. The number of halogens is 2.